The highest BCUT2D eigenvalue weighted by atomic mass is 16.6. The number of anilines is 1. The molecule has 3 aromatic carbocycles. The van der Waals surface area contributed by atoms with Crippen LogP contribution in [0, 0.1) is 0 Å². The molecular formula is C26H23N3O5. The molecule has 5 rings (SSSR count). The number of amides is 2. The zero-order valence-electron chi connectivity index (χ0n) is 18.7. The van der Waals surface area contributed by atoms with Gasteiger partial charge in [0.2, 0.25) is 5.60 Å². The Morgan fingerprint density at radius 3 is 2.50 bits per heavy atom. The van der Waals surface area contributed by atoms with Gasteiger partial charge in [-0.3, -0.25) is 10.2 Å². The summed E-state index contributed by atoms with van der Waals surface area (Å²) in [6.45, 7) is 1.92. The van der Waals surface area contributed by atoms with Crippen molar-refractivity contribution < 1.29 is 23.8 Å². The molecule has 4 aromatic rings. The molecule has 0 saturated carbocycles. The smallest absolute Gasteiger partial charge is 0.437 e. The number of hydrogen-bond donors (Lipinski definition) is 2. The fourth-order valence-corrected chi connectivity index (χ4v) is 3.85. The quantitative estimate of drug-likeness (QED) is 0.407. The van der Waals surface area contributed by atoms with Gasteiger partial charge in [0.05, 0.1) is 12.8 Å². The fourth-order valence-electron chi connectivity index (χ4n) is 3.85. The van der Waals surface area contributed by atoms with Crippen LogP contribution in [0.25, 0.3) is 10.9 Å². The molecule has 34 heavy (non-hydrogen) atoms. The summed E-state index contributed by atoms with van der Waals surface area (Å²) in [5.41, 5.74) is 4.43. The summed E-state index contributed by atoms with van der Waals surface area (Å²) >= 11 is 0. The molecule has 0 spiro atoms. The first-order chi connectivity index (χ1) is 16.5. The molecule has 0 bridgehead atoms. The Bertz CT molecular complexity index is 1350. The van der Waals surface area contributed by atoms with E-state index >= 15 is 0 Å². The molecule has 0 radical (unpaired) electrons. The minimum atomic E-state index is -1.42. The molecule has 2 amide bonds. The van der Waals surface area contributed by atoms with Crippen molar-refractivity contribution in [2.45, 2.75) is 19.1 Å². The summed E-state index contributed by atoms with van der Waals surface area (Å²) in [5, 5.41) is 1.89. The van der Waals surface area contributed by atoms with Crippen LogP contribution in [0.3, 0.4) is 0 Å². The summed E-state index contributed by atoms with van der Waals surface area (Å²) < 4.78 is 16.6. The molecule has 0 aliphatic carbocycles. The first kappa shape index (κ1) is 21.4. The molecule has 2 heterocycles. The number of carbonyl (C=O) groups excluding carboxylic acids is 2. The van der Waals surface area contributed by atoms with E-state index in [1.807, 2.05) is 42.5 Å². The Hall–Kier alpha value is -4.46. The zero-order chi connectivity index (χ0) is 23.7. The minimum Gasteiger partial charge on any atom is -0.497 e. The van der Waals surface area contributed by atoms with Gasteiger partial charge in [0.25, 0.3) is 5.91 Å². The molecule has 1 atom stereocenters. The van der Waals surface area contributed by atoms with Gasteiger partial charge in [0, 0.05) is 22.5 Å². The molecule has 1 aliphatic heterocycles. The van der Waals surface area contributed by atoms with Crippen molar-refractivity contribution >= 4 is 28.6 Å². The van der Waals surface area contributed by atoms with Crippen molar-refractivity contribution in [3.05, 3.63) is 90.0 Å². The number of rotatable bonds is 7. The van der Waals surface area contributed by atoms with E-state index < -0.39 is 17.6 Å². The summed E-state index contributed by atoms with van der Waals surface area (Å²) in [4.78, 5) is 28.7. The molecule has 1 saturated heterocycles. The number of nitrogens with zero attached hydrogens (tertiary/aromatic N) is 1. The van der Waals surface area contributed by atoms with Gasteiger partial charge in [0.15, 0.2) is 5.88 Å². The Morgan fingerprint density at radius 2 is 1.76 bits per heavy atom. The maximum absolute atomic E-state index is 13.0. The second kappa shape index (κ2) is 8.47. The van der Waals surface area contributed by atoms with E-state index in [0.29, 0.717) is 23.7 Å². The van der Waals surface area contributed by atoms with Crippen LogP contribution in [-0.4, -0.2) is 29.1 Å². The van der Waals surface area contributed by atoms with Gasteiger partial charge in [-0.15, -0.1) is 5.01 Å². The van der Waals surface area contributed by atoms with Gasteiger partial charge in [-0.2, -0.15) is 0 Å². The van der Waals surface area contributed by atoms with Gasteiger partial charge in [0.1, 0.15) is 12.4 Å². The number of aromatic nitrogens is 1. The van der Waals surface area contributed by atoms with Crippen molar-refractivity contribution in [2.24, 2.45) is 0 Å². The lowest BCUT2D eigenvalue weighted by Crippen LogP contribution is -2.40. The van der Waals surface area contributed by atoms with Crippen LogP contribution in [0.1, 0.15) is 18.1 Å². The van der Waals surface area contributed by atoms with Crippen LogP contribution in [0.2, 0.25) is 0 Å². The van der Waals surface area contributed by atoms with Crippen molar-refractivity contribution in [3.63, 3.8) is 0 Å². The van der Waals surface area contributed by atoms with Gasteiger partial charge in [-0.1, -0.05) is 42.5 Å². The van der Waals surface area contributed by atoms with Crippen molar-refractivity contribution in [3.8, 4) is 11.6 Å². The Balaban J connectivity index is 1.27. The van der Waals surface area contributed by atoms with Gasteiger partial charge in [-0.25, -0.2) is 4.79 Å². The number of hydrogen-bond acceptors (Lipinski definition) is 6. The molecule has 8 heteroatoms. The van der Waals surface area contributed by atoms with Crippen molar-refractivity contribution in [1.29, 1.82) is 0 Å². The topological polar surface area (TPSA) is 92.9 Å². The molecule has 172 valence electrons. The van der Waals surface area contributed by atoms with Crippen molar-refractivity contribution in [2.75, 3.05) is 12.5 Å². The second-order valence-corrected chi connectivity index (χ2v) is 8.09. The maximum atomic E-state index is 13.0. The highest BCUT2D eigenvalue weighted by Gasteiger charge is 2.52. The van der Waals surface area contributed by atoms with Crippen LogP contribution in [0.5, 0.6) is 11.6 Å². The van der Waals surface area contributed by atoms with E-state index in [-0.39, 0.29) is 0 Å². The number of para-hydroxylation sites is 1. The second-order valence-electron chi connectivity index (χ2n) is 8.09. The average molecular weight is 457 g/mol. The molecule has 2 N–H and O–H groups in total. The number of aromatic amines is 1. The Morgan fingerprint density at radius 1 is 1.00 bits per heavy atom. The molecular weight excluding hydrogens is 434 g/mol. The highest BCUT2D eigenvalue weighted by molar-refractivity contribution is 6.04. The number of benzene rings is 3. The van der Waals surface area contributed by atoms with Crippen LogP contribution in [0.15, 0.2) is 78.9 Å². The molecule has 1 aliphatic rings. The predicted octanol–water partition coefficient (Wildman–Crippen LogP) is 4.98. The lowest BCUT2D eigenvalue weighted by atomic mass is 9.94. The third-order valence-electron chi connectivity index (χ3n) is 5.80. The monoisotopic (exact) mass is 457 g/mol. The van der Waals surface area contributed by atoms with Gasteiger partial charge < -0.3 is 19.2 Å². The van der Waals surface area contributed by atoms with Crippen LogP contribution in [-0.2, 0) is 21.7 Å². The fraction of sp³-hybridized carbons (Fsp3) is 0.154. The average Bonchev–Trinajstić information content (AvgIpc) is 3.37. The van der Waals surface area contributed by atoms with Crippen LogP contribution < -0.4 is 14.9 Å². The number of hydrazine groups is 1. The summed E-state index contributed by atoms with van der Waals surface area (Å²) in [5.74, 6) is 0.933. The number of methoxy groups -OCH3 is 1. The number of carbonyl (C=O) groups is 2. The largest absolute Gasteiger partial charge is 0.497 e. The van der Waals surface area contributed by atoms with E-state index in [0.717, 1.165) is 27.2 Å². The lowest BCUT2D eigenvalue weighted by molar-refractivity contribution is -0.135. The SMILES string of the molecule is COc1ccc2[nH]c(OCc3ccc(C4(C)OC(=O)N(Nc5ccccc5)C4=O)cc3)cc2c1. The van der Waals surface area contributed by atoms with E-state index in [9.17, 15) is 9.59 Å². The number of fused-ring (bicyclic) bond motifs is 1. The highest BCUT2D eigenvalue weighted by Crippen LogP contribution is 2.34. The molecule has 1 aromatic heterocycles. The summed E-state index contributed by atoms with van der Waals surface area (Å²) in [6, 6.07) is 23.9. The third-order valence-corrected chi connectivity index (χ3v) is 5.80. The number of cyclic esters (lactones) is 1. The van der Waals surface area contributed by atoms with E-state index in [1.165, 1.54) is 0 Å². The first-order valence-corrected chi connectivity index (χ1v) is 10.7. The summed E-state index contributed by atoms with van der Waals surface area (Å²) in [7, 11) is 1.63. The lowest BCUT2D eigenvalue weighted by Gasteiger charge is -2.21. The maximum Gasteiger partial charge on any atom is 0.437 e. The standard InChI is InChI=1S/C26H23N3O5/c1-26(24(30)29(25(31)34-26)28-20-6-4-3-5-7-20)19-10-8-17(9-11-19)16-33-23-15-18-14-21(32-2)12-13-22(18)27-23/h3-15,27-28H,16H2,1-2H3. The normalized spacial score (nSPS) is 17.6. The Labute approximate surface area is 196 Å². The predicted molar refractivity (Wildman–Crippen MR) is 126 cm³/mol. The molecule has 1 unspecified atom stereocenters. The minimum absolute atomic E-state index is 0.330. The number of H-pyrrole nitrogens is 1. The third kappa shape index (κ3) is 3.90. The van der Waals surface area contributed by atoms with Crippen LogP contribution >= 0.6 is 0 Å². The molecule has 8 nitrogen and oxygen atoms in total. The summed E-state index contributed by atoms with van der Waals surface area (Å²) in [6.07, 6.45) is -0.751. The van der Waals surface area contributed by atoms with Gasteiger partial charge in [-0.05, 0) is 42.8 Å². The van der Waals surface area contributed by atoms with Gasteiger partial charge >= 0.3 is 6.09 Å². The van der Waals surface area contributed by atoms with E-state index in [2.05, 4.69) is 10.4 Å². The number of nitrogens with one attached hydrogen (secondary N) is 2. The number of imide groups is 1. The van der Waals surface area contributed by atoms with Crippen LogP contribution in [0.4, 0.5) is 10.5 Å². The molecule has 1 fully saturated rings. The van der Waals surface area contributed by atoms with E-state index in [4.69, 9.17) is 14.2 Å². The number of ether oxygens (including phenoxy) is 3. The first-order valence-electron chi connectivity index (χ1n) is 10.7. The van der Waals surface area contributed by atoms with E-state index in [1.54, 1.807) is 50.4 Å². The Kier molecular flexibility index (Phi) is 5.33. The zero-order valence-corrected chi connectivity index (χ0v) is 18.7. The van der Waals surface area contributed by atoms with Crippen molar-refractivity contribution in [1.82, 2.24) is 9.99 Å².